The molecule has 0 aromatic carbocycles. The number of hydrogen-bond acceptors (Lipinski definition) is 3. The zero-order chi connectivity index (χ0) is 9.61. The molecular weight excluding hydrogens is 188 g/mol. The molecule has 12 heavy (non-hydrogen) atoms. The molecule has 0 fully saturated rings. The summed E-state index contributed by atoms with van der Waals surface area (Å²) in [7, 11) is 0. The highest BCUT2D eigenvalue weighted by molar-refractivity contribution is 8.13. The van der Waals surface area contributed by atoms with E-state index in [1.807, 2.05) is 0 Å². The van der Waals surface area contributed by atoms with Crippen molar-refractivity contribution in [3.63, 3.8) is 0 Å². The van der Waals surface area contributed by atoms with Crippen LogP contribution < -0.4 is 0 Å². The monoisotopic (exact) mass is 206 g/mol. The molecule has 0 aromatic heterocycles. The van der Waals surface area contributed by atoms with Crippen LogP contribution in [0.2, 0.25) is 0 Å². The Labute approximate surface area is 85.1 Å². The second-order valence-electron chi connectivity index (χ2n) is 3.15. The molecule has 0 amide bonds. The predicted octanol–water partition coefficient (Wildman–Crippen LogP) is 3.00. The van der Waals surface area contributed by atoms with E-state index in [1.165, 1.54) is 11.8 Å². The number of carbonyl (C=O) groups excluding carboxylic acids is 1. The Kier molecular flexibility index (Phi) is 6.10. The normalized spacial score (nSPS) is 11.7. The van der Waals surface area contributed by atoms with Gasteiger partial charge in [0.1, 0.15) is 0 Å². The molecule has 1 nitrogen and oxygen atoms in total. The lowest BCUT2D eigenvalue weighted by molar-refractivity contribution is -0.109. The van der Waals surface area contributed by atoms with Gasteiger partial charge in [-0.3, -0.25) is 4.79 Å². The van der Waals surface area contributed by atoms with Crippen molar-refractivity contribution < 1.29 is 4.79 Å². The summed E-state index contributed by atoms with van der Waals surface area (Å²) in [5.74, 6) is 1.79. The molecule has 0 aliphatic rings. The van der Waals surface area contributed by atoms with Crippen LogP contribution in [0.25, 0.3) is 0 Å². The topological polar surface area (TPSA) is 17.1 Å². The average molecular weight is 206 g/mol. The zero-order valence-electron chi connectivity index (χ0n) is 8.09. The van der Waals surface area contributed by atoms with Gasteiger partial charge in [0.05, 0.1) is 0 Å². The van der Waals surface area contributed by atoms with Gasteiger partial charge >= 0.3 is 0 Å². The molecule has 0 saturated heterocycles. The van der Waals surface area contributed by atoms with Crippen LogP contribution >= 0.6 is 24.4 Å². The minimum atomic E-state index is 0.211. The third kappa shape index (κ3) is 3.85. The van der Waals surface area contributed by atoms with Gasteiger partial charge in [0.2, 0.25) is 0 Å². The maximum Gasteiger partial charge on any atom is 0.185 e. The number of thioether (sulfide) groups is 1. The van der Waals surface area contributed by atoms with E-state index in [2.05, 4.69) is 26.5 Å². The summed E-state index contributed by atoms with van der Waals surface area (Å²) in [6, 6.07) is 0. The molecule has 0 rings (SSSR count). The maximum absolute atomic E-state index is 10.8. The molecule has 0 atom stereocenters. The lowest BCUT2D eigenvalue weighted by Crippen LogP contribution is -2.24. The molecule has 72 valence electrons. The quantitative estimate of drug-likeness (QED) is 0.697. The third-order valence-corrected chi connectivity index (χ3v) is 4.25. The summed E-state index contributed by atoms with van der Waals surface area (Å²) < 4.78 is 0. The second kappa shape index (κ2) is 5.92. The summed E-state index contributed by atoms with van der Waals surface area (Å²) in [6.45, 7) is 5.96. The van der Waals surface area contributed by atoms with Crippen LogP contribution in [-0.2, 0) is 4.79 Å². The predicted molar refractivity (Wildman–Crippen MR) is 60.0 cm³/mol. The summed E-state index contributed by atoms with van der Waals surface area (Å²) in [5.41, 5.74) is 0.263. The Hall–Kier alpha value is 0.370. The van der Waals surface area contributed by atoms with Gasteiger partial charge in [0.15, 0.2) is 5.12 Å². The molecule has 0 spiro atoms. The van der Waals surface area contributed by atoms with Crippen LogP contribution in [0.15, 0.2) is 0 Å². The van der Waals surface area contributed by atoms with E-state index in [0.717, 1.165) is 24.3 Å². The SMILES string of the molecule is CCC(CC)(CS)CSC(C)=O. The fraction of sp³-hybridized carbons (Fsp3) is 0.889. The van der Waals surface area contributed by atoms with Crippen molar-refractivity contribution in [1.29, 1.82) is 0 Å². The van der Waals surface area contributed by atoms with E-state index < -0.39 is 0 Å². The van der Waals surface area contributed by atoms with E-state index in [4.69, 9.17) is 0 Å². The lowest BCUT2D eigenvalue weighted by atomic mass is 9.87. The number of carbonyl (C=O) groups is 1. The molecule has 0 heterocycles. The Morgan fingerprint density at radius 2 is 1.92 bits per heavy atom. The van der Waals surface area contributed by atoms with E-state index in [0.29, 0.717) is 0 Å². The first kappa shape index (κ1) is 12.4. The molecule has 0 aliphatic carbocycles. The van der Waals surface area contributed by atoms with E-state index in [1.54, 1.807) is 6.92 Å². The molecule has 3 heteroatoms. The van der Waals surface area contributed by atoms with E-state index >= 15 is 0 Å². The molecule has 0 bridgehead atoms. The first-order valence-electron chi connectivity index (χ1n) is 4.34. The molecule has 0 aromatic rings. The molecule has 0 radical (unpaired) electrons. The first-order valence-corrected chi connectivity index (χ1v) is 5.96. The Morgan fingerprint density at radius 3 is 2.17 bits per heavy atom. The summed E-state index contributed by atoms with van der Waals surface area (Å²) in [6.07, 6.45) is 2.21. The molecule has 0 aliphatic heterocycles. The number of thiol groups is 1. The van der Waals surface area contributed by atoms with Gasteiger partial charge in [0, 0.05) is 12.7 Å². The molecule has 0 saturated carbocycles. The zero-order valence-corrected chi connectivity index (χ0v) is 9.80. The van der Waals surface area contributed by atoms with E-state index in [9.17, 15) is 4.79 Å². The largest absolute Gasteiger partial charge is 0.288 e. The fourth-order valence-corrected chi connectivity index (χ4v) is 2.71. The second-order valence-corrected chi connectivity index (χ2v) is 4.61. The Balaban J connectivity index is 4.01. The van der Waals surface area contributed by atoms with Crippen molar-refractivity contribution in [3.05, 3.63) is 0 Å². The van der Waals surface area contributed by atoms with Crippen LogP contribution in [0.4, 0.5) is 0 Å². The first-order chi connectivity index (χ1) is 5.60. The molecule has 0 unspecified atom stereocenters. The van der Waals surface area contributed by atoms with Crippen LogP contribution in [0.5, 0.6) is 0 Å². The van der Waals surface area contributed by atoms with Crippen molar-refractivity contribution in [2.45, 2.75) is 33.6 Å². The van der Waals surface area contributed by atoms with Gasteiger partial charge in [-0.05, 0) is 24.0 Å². The van der Waals surface area contributed by atoms with Crippen molar-refractivity contribution in [2.75, 3.05) is 11.5 Å². The van der Waals surface area contributed by atoms with Gasteiger partial charge < -0.3 is 0 Å². The van der Waals surface area contributed by atoms with Gasteiger partial charge in [-0.2, -0.15) is 12.6 Å². The van der Waals surface area contributed by atoms with Gasteiger partial charge in [0.25, 0.3) is 0 Å². The summed E-state index contributed by atoms with van der Waals surface area (Å²) in [5, 5.41) is 0.211. The third-order valence-electron chi connectivity index (χ3n) is 2.42. The minimum absolute atomic E-state index is 0.211. The highest BCUT2D eigenvalue weighted by atomic mass is 32.2. The van der Waals surface area contributed by atoms with Crippen LogP contribution in [0.1, 0.15) is 33.6 Å². The minimum Gasteiger partial charge on any atom is -0.288 e. The van der Waals surface area contributed by atoms with Crippen molar-refractivity contribution in [3.8, 4) is 0 Å². The highest BCUT2D eigenvalue weighted by Crippen LogP contribution is 2.31. The lowest BCUT2D eigenvalue weighted by Gasteiger charge is -2.28. The van der Waals surface area contributed by atoms with Crippen molar-refractivity contribution in [2.24, 2.45) is 5.41 Å². The van der Waals surface area contributed by atoms with E-state index in [-0.39, 0.29) is 10.5 Å². The number of rotatable bonds is 5. The molecule has 0 N–H and O–H groups in total. The number of hydrogen-bond donors (Lipinski definition) is 1. The average Bonchev–Trinajstić information content (AvgIpc) is 2.08. The van der Waals surface area contributed by atoms with Crippen LogP contribution in [0, 0.1) is 5.41 Å². The smallest absolute Gasteiger partial charge is 0.185 e. The Bertz CT molecular complexity index is 133. The Morgan fingerprint density at radius 1 is 1.42 bits per heavy atom. The fourth-order valence-electron chi connectivity index (χ4n) is 0.978. The van der Waals surface area contributed by atoms with Crippen molar-refractivity contribution >= 4 is 29.5 Å². The van der Waals surface area contributed by atoms with Crippen LogP contribution in [-0.4, -0.2) is 16.6 Å². The van der Waals surface area contributed by atoms with Crippen molar-refractivity contribution in [1.82, 2.24) is 0 Å². The van der Waals surface area contributed by atoms with Gasteiger partial charge in [-0.15, -0.1) is 0 Å². The molecular formula is C9H18OS2. The summed E-state index contributed by atoms with van der Waals surface area (Å²) in [4.78, 5) is 10.8. The summed E-state index contributed by atoms with van der Waals surface area (Å²) >= 11 is 5.76. The van der Waals surface area contributed by atoms with Gasteiger partial charge in [-0.25, -0.2) is 0 Å². The van der Waals surface area contributed by atoms with Gasteiger partial charge in [-0.1, -0.05) is 25.6 Å². The maximum atomic E-state index is 10.8. The standard InChI is InChI=1S/C9H18OS2/c1-4-9(5-2,6-11)7-12-8(3)10/h11H,4-7H2,1-3H3. The van der Waals surface area contributed by atoms with Crippen LogP contribution in [0.3, 0.4) is 0 Å². The highest BCUT2D eigenvalue weighted by Gasteiger charge is 2.24.